The maximum atomic E-state index is 14.8. The molecule has 1 aliphatic rings. The van der Waals surface area contributed by atoms with Crippen molar-refractivity contribution in [2.24, 2.45) is 5.92 Å². The Morgan fingerprint density at radius 2 is 1.66 bits per heavy atom. The molecule has 0 unspecified atom stereocenters. The summed E-state index contributed by atoms with van der Waals surface area (Å²) in [5, 5.41) is 0. The van der Waals surface area contributed by atoms with E-state index in [1.54, 1.807) is 18.2 Å². The Bertz CT molecular complexity index is 1140. The van der Waals surface area contributed by atoms with Crippen molar-refractivity contribution in [1.29, 1.82) is 0 Å². The van der Waals surface area contributed by atoms with Crippen molar-refractivity contribution in [3.63, 3.8) is 0 Å². The van der Waals surface area contributed by atoms with Crippen LogP contribution < -0.4 is 4.74 Å². The monoisotopic (exact) mass is 478 g/mol. The lowest BCUT2D eigenvalue weighted by molar-refractivity contribution is 0.303. The smallest absolute Gasteiger partial charge is 0.166 e. The third-order valence-electron chi connectivity index (χ3n) is 7.20. The maximum absolute atomic E-state index is 14.8. The summed E-state index contributed by atoms with van der Waals surface area (Å²) < 4.78 is 49.8. The van der Waals surface area contributed by atoms with Crippen molar-refractivity contribution in [2.75, 3.05) is 6.61 Å². The Kier molecular flexibility index (Phi) is 8.33. The second kappa shape index (κ2) is 11.6. The molecule has 1 fully saturated rings. The van der Waals surface area contributed by atoms with E-state index in [9.17, 15) is 13.2 Å². The van der Waals surface area contributed by atoms with E-state index < -0.39 is 11.6 Å². The van der Waals surface area contributed by atoms with Gasteiger partial charge in [-0.25, -0.2) is 13.2 Å². The van der Waals surface area contributed by atoms with Crippen LogP contribution in [0.2, 0.25) is 0 Å². The van der Waals surface area contributed by atoms with Gasteiger partial charge in [0.05, 0.1) is 6.61 Å². The van der Waals surface area contributed by atoms with E-state index in [0.717, 1.165) is 49.7 Å². The molecule has 0 heterocycles. The molecule has 184 valence electrons. The topological polar surface area (TPSA) is 9.23 Å². The van der Waals surface area contributed by atoms with Crippen LogP contribution in [0.3, 0.4) is 0 Å². The van der Waals surface area contributed by atoms with Crippen molar-refractivity contribution in [3.8, 4) is 16.9 Å². The van der Waals surface area contributed by atoms with E-state index in [2.05, 4.69) is 6.58 Å². The molecule has 1 aliphatic carbocycles. The quantitative estimate of drug-likeness (QED) is 0.220. The average molecular weight is 479 g/mol. The van der Waals surface area contributed by atoms with E-state index in [4.69, 9.17) is 4.74 Å². The second-order valence-corrected chi connectivity index (χ2v) is 9.63. The first-order valence-corrected chi connectivity index (χ1v) is 12.5. The van der Waals surface area contributed by atoms with Crippen LogP contribution in [-0.4, -0.2) is 6.61 Å². The first kappa shape index (κ1) is 25.1. The fourth-order valence-corrected chi connectivity index (χ4v) is 5.05. The first-order valence-electron chi connectivity index (χ1n) is 12.5. The molecule has 0 radical (unpaired) electrons. The summed E-state index contributed by atoms with van der Waals surface area (Å²) in [7, 11) is 0. The van der Waals surface area contributed by atoms with Gasteiger partial charge in [-0.15, -0.1) is 6.58 Å². The Balaban J connectivity index is 1.31. The van der Waals surface area contributed by atoms with E-state index in [0.29, 0.717) is 41.4 Å². The van der Waals surface area contributed by atoms with E-state index >= 15 is 0 Å². The molecule has 4 heteroatoms. The minimum Gasteiger partial charge on any atom is -0.493 e. The van der Waals surface area contributed by atoms with Crippen LogP contribution in [0.5, 0.6) is 5.75 Å². The van der Waals surface area contributed by atoms with Gasteiger partial charge >= 0.3 is 0 Å². The molecule has 4 rings (SSSR count). The van der Waals surface area contributed by atoms with Crippen LogP contribution in [0.4, 0.5) is 13.2 Å². The molecule has 0 aromatic heterocycles. The maximum Gasteiger partial charge on any atom is 0.166 e. The zero-order valence-electron chi connectivity index (χ0n) is 20.3. The van der Waals surface area contributed by atoms with Gasteiger partial charge in [0, 0.05) is 11.6 Å². The number of hydrogen-bond donors (Lipinski definition) is 0. The molecule has 3 aromatic rings. The highest BCUT2D eigenvalue weighted by Crippen LogP contribution is 2.39. The highest BCUT2D eigenvalue weighted by Gasteiger charge is 2.25. The molecule has 0 N–H and O–H groups in total. The Morgan fingerprint density at radius 3 is 2.34 bits per heavy atom. The van der Waals surface area contributed by atoms with Crippen molar-refractivity contribution >= 4 is 0 Å². The summed E-state index contributed by atoms with van der Waals surface area (Å²) in [5.41, 5.74) is 3.23. The number of benzene rings is 3. The van der Waals surface area contributed by atoms with Gasteiger partial charge in [-0.3, -0.25) is 0 Å². The Labute approximate surface area is 206 Å². The molecule has 0 atom stereocenters. The third-order valence-corrected chi connectivity index (χ3v) is 7.20. The minimum atomic E-state index is -0.776. The summed E-state index contributed by atoms with van der Waals surface area (Å²) in [6.07, 6.45) is 7.56. The van der Waals surface area contributed by atoms with Crippen molar-refractivity contribution in [2.45, 2.75) is 57.8 Å². The van der Waals surface area contributed by atoms with Crippen LogP contribution in [0.25, 0.3) is 11.1 Å². The van der Waals surface area contributed by atoms with Gasteiger partial charge in [0.25, 0.3) is 0 Å². The number of aryl methyl sites for hydroxylation is 2. The van der Waals surface area contributed by atoms with Crippen molar-refractivity contribution in [1.82, 2.24) is 0 Å². The summed E-state index contributed by atoms with van der Waals surface area (Å²) in [6, 6.07) is 16.0. The summed E-state index contributed by atoms with van der Waals surface area (Å²) in [5.74, 6) is -0.552. The molecule has 0 aliphatic heterocycles. The summed E-state index contributed by atoms with van der Waals surface area (Å²) in [6.45, 7) is 6.11. The highest BCUT2D eigenvalue weighted by atomic mass is 19.2. The van der Waals surface area contributed by atoms with Crippen LogP contribution in [0, 0.1) is 30.3 Å². The van der Waals surface area contributed by atoms with E-state index in [1.165, 1.54) is 6.07 Å². The second-order valence-electron chi connectivity index (χ2n) is 9.63. The molecular formula is C31H33F3O. The van der Waals surface area contributed by atoms with Gasteiger partial charge in [-0.05, 0) is 86.5 Å². The number of halogens is 3. The molecule has 35 heavy (non-hydrogen) atoms. The number of ether oxygens (including phenoxy) is 1. The molecular weight excluding hydrogens is 445 g/mol. The molecule has 0 saturated heterocycles. The first-order chi connectivity index (χ1) is 17.0. The molecule has 0 amide bonds. The predicted octanol–water partition coefficient (Wildman–Crippen LogP) is 8.94. The van der Waals surface area contributed by atoms with Gasteiger partial charge in [-0.1, -0.05) is 54.1 Å². The lowest BCUT2D eigenvalue weighted by atomic mass is 9.76. The molecule has 0 spiro atoms. The van der Waals surface area contributed by atoms with Crippen molar-refractivity contribution in [3.05, 3.63) is 101 Å². The minimum absolute atomic E-state index is 0.191. The Morgan fingerprint density at radius 1 is 0.914 bits per heavy atom. The zero-order chi connectivity index (χ0) is 24.8. The predicted molar refractivity (Wildman–Crippen MR) is 136 cm³/mol. The number of rotatable bonds is 9. The van der Waals surface area contributed by atoms with Gasteiger partial charge in [0.15, 0.2) is 11.6 Å². The van der Waals surface area contributed by atoms with Gasteiger partial charge in [0.1, 0.15) is 11.6 Å². The standard InChI is InChI=1S/C31H33F3O/c1-3-4-19-35-26-16-18-27(29(32)20-26)23-12-7-22(8-13-23)9-14-25-15-17-28(31(34)30(25)33)24-10-5-21(2)6-11-24/h3,5-6,10-11,15-18,20,22-23H,1,4,7-9,12-14,19H2,2H3. The van der Waals surface area contributed by atoms with Crippen LogP contribution in [0.1, 0.15) is 61.1 Å². The van der Waals surface area contributed by atoms with E-state index in [-0.39, 0.29) is 11.7 Å². The van der Waals surface area contributed by atoms with Crippen molar-refractivity contribution < 1.29 is 17.9 Å². The summed E-state index contributed by atoms with van der Waals surface area (Å²) in [4.78, 5) is 0. The lowest BCUT2D eigenvalue weighted by Crippen LogP contribution is -2.15. The van der Waals surface area contributed by atoms with Crippen LogP contribution in [0.15, 0.2) is 67.3 Å². The SMILES string of the molecule is C=CCCOc1ccc(C2CCC(CCc3ccc(-c4ccc(C)cc4)c(F)c3F)CC2)c(F)c1. The largest absolute Gasteiger partial charge is 0.493 e. The van der Waals surface area contributed by atoms with Gasteiger partial charge in [0.2, 0.25) is 0 Å². The highest BCUT2D eigenvalue weighted by molar-refractivity contribution is 5.65. The fraction of sp³-hybridized carbons (Fsp3) is 0.355. The summed E-state index contributed by atoms with van der Waals surface area (Å²) >= 11 is 0. The molecule has 1 nitrogen and oxygen atoms in total. The van der Waals surface area contributed by atoms with Gasteiger partial charge in [-0.2, -0.15) is 0 Å². The van der Waals surface area contributed by atoms with Crippen LogP contribution >= 0.6 is 0 Å². The normalized spacial score (nSPS) is 17.8. The van der Waals surface area contributed by atoms with E-state index in [1.807, 2.05) is 43.3 Å². The molecule has 0 bridgehead atoms. The third kappa shape index (κ3) is 6.17. The lowest BCUT2D eigenvalue weighted by Gasteiger charge is -2.29. The molecule has 3 aromatic carbocycles. The van der Waals surface area contributed by atoms with Crippen LogP contribution in [-0.2, 0) is 6.42 Å². The van der Waals surface area contributed by atoms with Gasteiger partial charge < -0.3 is 4.74 Å². The zero-order valence-corrected chi connectivity index (χ0v) is 20.3. The average Bonchev–Trinajstić information content (AvgIpc) is 2.86. The number of hydrogen-bond acceptors (Lipinski definition) is 1. The fourth-order valence-electron chi connectivity index (χ4n) is 5.05. The molecule has 1 saturated carbocycles. The Hall–Kier alpha value is -3.01.